The van der Waals surface area contributed by atoms with Gasteiger partial charge in [0.2, 0.25) is 5.91 Å². The fourth-order valence-corrected chi connectivity index (χ4v) is 3.20. The lowest BCUT2D eigenvalue weighted by molar-refractivity contribution is -0.132. The second-order valence-corrected chi connectivity index (χ2v) is 6.79. The van der Waals surface area contributed by atoms with Crippen molar-refractivity contribution in [3.8, 4) is 0 Å². The Kier molecular flexibility index (Phi) is 6.32. The Labute approximate surface area is 163 Å². The predicted molar refractivity (Wildman–Crippen MR) is 105 cm³/mol. The lowest BCUT2D eigenvalue weighted by Gasteiger charge is -2.25. The van der Waals surface area contributed by atoms with E-state index in [0.29, 0.717) is 24.7 Å². The molecular weight excluding hydrogens is 366 g/mol. The Bertz CT molecular complexity index is 783. The summed E-state index contributed by atoms with van der Waals surface area (Å²) in [4.78, 5) is 30.1. The van der Waals surface area contributed by atoms with Crippen molar-refractivity contribution in [3.63, 3.8) is 0 Å². The molecule has 0 unspecified atom stereocenters. The summed E-state index contributed by atoms with van der Waals surface area (Å²) in [6, 6.07) is 16.4. The molecule has 0 atom stereocenters. The van der Waals surface area contributed by atoms with Gasteiger partial charge in [0.1, 0.15) is 6.54 Å². The molecular formula is C20H22ClN3O3. The number of carbonyl (C=O) groups excluding carboxylic acids is 2. The molecule has 1 saturated heterocycles. The molecule has 142 valence electrons. The molecule has 0 spiro atoms. The first-order chi connectivity index (χ1) is 13.1. The number of aliphatic hydroxyl groups is 1. The van der Waals surface area contributed by atoms with Gasteiger partial charge in [-0.1, -0.05) is 41.9 Å². The van der Waals surface area contributed by atoms with Gasteiger partial charge in [-0.05, 0) is 29.8 Å². The smallest absolute Gasteiger partial charge is 0.325 e. The number of anilines is 1. The first kappa shape index (κ1) is 19.2. The summed E-state index contributed by atoms with van der Waals surface area (Å²) in [7, 11) is 0. The van der Waals surface area contributed by atoms with Gasteiger partial charge in [-0.15, -0.1) is 0 Å². The zero-order valence-electron chi connectivity index (χ0n) is 14.9. The minimum Gasteiger partial charge on any atom is -0.395 e. The standard InChI is InChI=1S/C20H22ClN3O3/c21-17-6-8-18(9-7-17)24-11-10-23(20(24)27)15-19(26)22(12-13-25)14-16-4-2-1-3-5-16/h1-9,25H,10-15H2. The Morgan fingerprint density at radius 1 is 1.07 bits per heavy atom. The summed E-state index contributed by atoms with van der Waals surface area (Å²) in [6.07, 6.45) is 0. The molecule has 3 rings (SSSR count). The third kappa shape index (κ3) is 4.78. The highest BCUT2D eigenvalue weighted by molar-refractivity contribution is 6.30. The molecule has 1 N–H and O–H groups in total. The molecule has 27 heavy (non-hydrogen) atoms. The van der Waals surface area contributed by atoms with Crippen LogP contribution in [0.2, 0.25) is 5.02 Å². The minimum absolute atomic E-state index is 0.00421. The Morgan fingerprint density at radius 3 is 2.44 bits per heavy atom. The van der Waals surface area contributed by atoms with Gasteiger partial charge in [0.05, 0.1) is 6.61 Å². The van der Waals surface area contributed by atoms with Gasteiger partial charge < -0.3 is 14.9 Å². The normalized spacial score (nSPS) is 13.9. The summed E-state index contributed by atoms with van der Waals surface area (Å²) in [5.74, 6) is -0.181. The van der Waals surface area contributed by atoms with Gasteiger partial charge >= 0.3 is 6.03 Å². The first-order valence-corrected chi connectivity index (χ1v) is 9.21. The highest BCUT2D eigenvalue weighted by Gasteiger charge is 2.31. The van der Waals surface area contributed by atoms with E-state index in [9.17, 15) is 14.7 Å². The second kappa shape index (κ2) is 8.88. The summed E-state index contributed by atoms with van der Waals surface area (Å²) in [5.41, 5.74) is 1.74. The van der Waals surface area contributed by atoms with Crippen LogP contribution in [0.3, 0.4) is 0 Å². The van der Waals surface area contributed by atoms with Crippen molar-refractivity contribution in [3.05, 3.63) is 65.2 Å². The van der Waals surface area contributed by atoms with Crippen molar-refractivity contribution < 1.29 is 14.7 Å². The SMILES string of the molecule is O=C(CN1CCN(c2ccc(Cl)cc2)C1=O)N(CCO)Cc1ccccc1. The molecule has 1 heterocycles. The van der Waals surface area contributed by atoms with E-state index < -0.39 is 0 Å². The molecule has 3 amide bonds. The minimum atomic E-state index is -0.200. The van der Waals surface area contributed by atoms with Crippen LogP contribution >= 0.6 is 11.6 Å². The fraction of sp³-hybridized carbons (Fsp3) is 0.300. The van der Waals surface area contributed by atoms with Crippen molar-refractivity contribution in [1.29, 1.82) is 0 Å². The molecule has 2 aromatic carbocycles. The van der Waals surface area contributed by atoms with Crippen molar-refractivity contribution in [2.75, 3.05) is 37.7 Å². The topological polar surface area (TPSA) is 64.1 Å². The Hall–Kier alpha value is -2.57. The molecule has 6 nitrogen and oxygen atoms in total. The van der Waals surface area contributed by atoms with Crippen LogP contribution < -0.4 is 4.90 Å². The average Bonchev–Trinajstić information content (AvgIpc) is 3.03. The molecule has 1 aliphatic heterocycles. The van der Waals surface area contributed by atoms with Crippen LogP contribution in [0.15, 0.2) is 54.6 Å². The van der Waals surface area contributed by atoms with Crippen LogP contribution in [-0.2, 0) is 11.3 Å². The number of hydrogen-bond acceptors (Lipinski definition) is 3. The highest BCUT2D eigenvalue weighted by Crippen LogP contribution is 2.22. The van der Waals surface area contributed by atoms with E-state index in [2.05, 4.69) is 0 Å². The van der Waals surface area contributed by atoms with E-state index in [1.807, 2.05) is 30.3 Å². The largest absolute Gasteiger partial charge is 0.395 e. The maximum absolute atomic E-state index is 12.7. The quantitative estimate of drug-likeness (QED) is 0.794. The molecule has 0 saturated carbocycles. The van der Waals surface area contributed by atoms with Gasteiger partial charge in [0.15, 0.2) is 0 Å². The van der Waals surface area contributed by atoms with Gasteiger partial charge in [0, 0.05) is 36.9 Å². The number of hydrogen-bond donors (Lipinski definition) is 1. The maximum atomic E-state index is 12.7. The van der Waals surface area contributed by atoms with Crippen LogP contribution in [0.5, 0.6) is 0 Å². The summed E-state index contributed by atoms with van der Waals surface area (Å²) in [5, 5.41) is 9.91. The highest BCUT2D eigenvalue weighted by atomic mass is 35.5. The van der Waals surface area contributed by atoms with E-state index >= 15 is 0 Å². The molecule has 1 fully saturated rings. The first-order valence-electron chi connectivity index (χ1n) is 8.83. The van der Waals surface area contributed by atoms with Crippen molar-refractivity contribution >= 4 is 29.2 Å². The number of halogens is 1. The van der Waals surface area contributed by atoms with Crippen molar-refractivity contribution in [2.45, 2.75) is 6.54 Å². The number of urea groups is 1. The molecule has 0 bridgehead atoms. The second-order valence-electron chi connectivity index (χ2n) is 6.36. The van der Waals surface area contributed by atoms with E-state index in [1.165, 1.54) is 4.90 Å². The Morgan fingerprint density at radius 2 is 1.78 bits per heavy atom. The number of amides is 3. The molecule has 1 aliphatic rings. The lowest BCUT2D eigenvalue weighted by Crippen LogP contribution is -2.43. The predicted octanol–water partition coefficient (Wildman–Crippen LogP) is 2.60. The fourth-order valence-electron chi connectivity index (χ4n) is 3.07. The van der Waals surface area contributed by atoms with Crippen LogP contribution in [0.4, 0.5) is 10.5 Å². The van der Waals surface area contributed by atoms with E-state index in [-0.39, 0.29) is 31.6 Å². The van der Waals surface area contributed by atoms with Crippen LogP contribution in [-0.4, -0.2) is 59.6 Å². The molecule has 2 aromatic rings. The van der Waals surface area contributed by atoms with Gasteiger partial charge in [-0.3, -0.25) is 9.69 Å². The van der Waals surface area contributed by atoms with Crippen molar-refractivity contribution in [1.82, 2.24) is 9.80 Å². The van der Waals surface area contributed by atoms with Crippen LogP contribution in [0.1, 0.15) is 5.56 Å². The zero-order valence-corrected chi connectivity index (χ0v) is 15.7. The van der Waals surface area contributed by atoms with Gasteiger partial charge in [-0.25, -0.2) is 4.79 Å². The Balaban J connectivity index is 1.63. The van der Waals surface area contributed by atoms with Crippen LogP contribution in [0, 0.1) is 0 Å². The van der Waals surface area contributed by atoms with Crippen LogP contribution in [0.25, 0.3) is 0 Å². The monoisotopic (exact) mass is 387 g/mol. The van der Waals surface area contributed by atoms with Gasteiger partial charge in [0.25, 0.3) is 0 Å². The maximum Gasteiger partial charge on any atom is 0.325 e. The zero-order chi connectivity index (χ0) is 19.2. The molecule has 7 heteroatoms. The van der Waals surface area contributed by atoms with E-state index in [4.69, 9.17) is 11.6 Å². The van der Waals surface area contributed by atoms with E-state index in [0.717, 1.165) is 11.3 Å². The van der Waals surface area contributed by atoms with E-state index in [1.54, 1.807) is 34.1 Å². The number of aliphatic hydroxyl groups excluding tert-OH is 1. The third-order valence-corrected chi connectivity index (χ3v) is 4.75. The molecule has 0 radical (unpaired) electrons. The summed E-state index contributed by atoms with van der Waals surface area (Å²) >= 11 is 5.90. The average molecular weight is 388 g/mol. The summed E-state index contributed by atoms with van der Waals surface area (Å²) < 4.78 is 0. The number of benzene rings is 2. The third-order valence-electron chi connectivity index (χ3n) is 4.50. The number of rotatable bonds is 7. The summed E-state index contributed by atoms with van der Waals surface area (Å²) in [6.45, 7) is 1.51. The molecule has 0 aromatic heterocycles. The number of nitrogens with zero attached hydrogens (tertiary/aromatic N) is 3. The number of carbonyl (C=O) groups is 2. The molecule has 0 aliphatic carbocycles. The van der Waals surface area contributed by atoms with Gasteiger partial charge in [-0.2, -0.15) is 0 Å². The van der Waals surface area contributed by atoms with Crippen molar-refractivity contribution in [2.24, 2.45) is 0 Å². The lowest BCUT2D eigenvalue weighted by atomic mass is 10.2.